The van der Waals surface area contributed by atoms with Gasteiger partial charge in [0.1, 0.15) is 11.9 Å². The lowest BCUT2D eigenvalue weighted by molar-refractivity contribution is -0.156. The van der Waals surface area contributed by atoms with Gasteiger partial charge >= 0.3 is 6.18 Å². The lowest BCUT2D eigenvalue weighted by Crippen LogP contribution is -2.36. The Morgan fingerprint density at radius 1 is 1.16 bits per heavy atom. The molecular weight excluding hydrogens is 327 g/mol. The van der Waals surface area contributed by atoms with Crippen LogP contribution in [0.5, 0.6) is 0 Å². The maximum Gasteiger partial charge on any atom is 0.407 e. The molecule has 0 unspecified atom stereocenters. The fraction of sp³-hybridized carbons (Fsp3) is 0.421. The fourth-order valence-corrected chi connectivity index (χ4v) is 3.58. The zero-order chi connectivity index (χ0) is 18.2. The summed E-state index contributed by atoms with van der Waals surface area (Å²) in [7, 11) is 1.29. The fourth-order valence-electron chi connectivity index (χ4n) is 3.58. The maximum absolute atomic E-state index is 13.0. The molecule has 1 aliphatic rings. The van der Waals surface area contributed by atoms with E-state index in [0.717, 1.165) is 6.42 Å². The molecule has 134 valence electrons. The number of fused-ring (bicyclic) bond motifs is 1. The molecule has 1 aromatic carbocycles. The first-order valence-corrected chi connectivity index (χ1v) is 8.28. The summed E-state index contributed by atoms with van der Waals surface area (Å²) in [6.07, 6.45) is -2.19. The lowest BCUT2D eigenvalue weighted by Gasteiger charge is -2.29. The van der Waals surface area contributed by atoms with Crippen molar-refractivity contribution in [2.45, 2.75) is 43.9 Å². The molecule has 0 saturated carbocycles. The van der Waals surface area contributed by atoms with Gasteiger partial charge in [-0.3, -0.25) is 0 Å². The van der Waals surface area contributed by atoms with E-state index in [1.165, 1.54) is 30.4 Å². The largest absolute Gasteiger partial charge is 0.407 e. The van der Waals surface area contributed by atoms with Crippen molar-refractivity contribution in [2.24, 2.45) is 0 Å². The first-order chi connectivity index (χ1) is 11.7. The molecule has 2 aromatic rings. The lowest BCUT2D eigenvalue weighted by atomic mass is 9.83. The smallest absolute Gasteiger partial charge is 0.366 e. The average molecular weight is 349 g/mol. The minimum absolute atomic E-state index is 0.0730. The van der Waals surface area contributed by atoms with Gasteiger partial charge in [0, 0.05) is 17.7 Å². The predicted octanol–water partition coefficient (Wildman–Crippen LogP) is 4.22. The Balaban J connectivity index is 1.77. The molecule has 0 amide bonds. The first kappa shape index (κ1) is 17.7. The first-order valence-electron chi connectivity index (χ1n) is 8.28. The van der Waals surface area contributed by atoms with Crippen molar-refractivity contribution < 1.29 is 13.2 Å². The highest BCUT2D eigenvalue weighted by Crippen LogP contribution is 2.40. The van der Waals surface area contributed by atoms with E-state index in [1.807, 2.05) is 12.1 Å². The molecule has 0 aliphatic heterocycles. The normalized spacial score (nSPS) is 20.2. The monoisotopic (exact) mass is 349 g/mol. The van der Waals surface area contributed by atoms with Gasteiger partial charge < -0.3 is 10.6 Å². The highest BCUT2D eigenvalue weighted by molar-refractivity contribution is 5.47. The number of alkyl halides is 3. The van der Waals surface area contributed by atoms with Crippen molar-refractivity contribution in [1.82, 2.24) is 10.3 Å². The highest BCUT2D eigenvalue weighted by atomic mass is 19.4. The van der Waals surface area contributed by atoms with Crippen LogP contribution in [0.4, 0.5) is 19.0 Å². The molecular formula is C19H22F3N3. The van der Waals surface area contributed by atoms with E-state index in [0.29, 0.717) is 5.82 Å². The Hall–Kier alpha value is -2.08. The van der Waals surface area contributed by atoms with Gasteiger partial charge in [-0.05, 0) is 36.2 Å². The number of aromatic nitrogens is 1. The second-order valence-electron chi connectivity index (χ2n) is 7.02. The molecule has 1 heterocycles. The molecule has 25 heavy (non-hydrogen) atoms. The van der Waals surface area contributed by atoms with Crippen LogP contribution < -0.4 is 10.6 Å². The van der Waals surface area contributed by atoms with Crippen LogP contribution in [-0.4, -0.2) is 24.2 Å². The molecule has 6 heteroatoms. The topological polar surface area (TPSA) is 37.0 Å². The molecule has 1 aromatic heterocycles. The van der Waals surface area contributed by atoms with E-state index >= 15 is 0 Å². The van der Waals surface area contributed by atoms with Crippen LogP contribution >= 0.6 is 0 Å². The van der Waals surface area contributed by atoms with Crippen molar-refractivity contribution >= 4 is 5.82 Å². The number of nitrogens with one attached hydrogen (secondary N) is 2. The van der Waals surface area contributed by atoms with E-state index in [4.69, 9.17) is 0 Å². The van der Waals surface area contributed by atoms with Gasteiger partial charge in [0.15, 0.2) is 0 Å². The van der Waals surface area contributed by atoms with E-state index in [1.54, 1.807) is 6.07 Å². The van der Waals surface area contributed by atoms with E-state index in [-0.39, 0.29) is 17.0 Å². The number of benzene rings is 1. The van der Waals surface area contributed by atoms with Crippen molar-refractivity contribution in [3.05, 3.63) is 59.3 Å². The number of anilines is 1. The molecule has 3 rings (SSSR count). The van der Waals surface area contributed by atoms with Gasteiger partial charge in [0.2, 0.25) is 0 Å². The average Bonchev–Trinajstić information content (AvgIpc) is 2.80. The van der Waals surface area contributed by atoms with Crippen LogP contribution in [0.15, 0.2) is 42.6 Å². The second kappa shape index (κ2) is 6.33. The molecule has 0 bridgehead atoms. The molecule has 0 fully saturated rings. The van der Waals surface area contributed by atoms with Crippen LogP contribution in [-0.2, 0) is 11.8 Å². The maximum atomic E-state index is 13.0. The van der Waals surface area contributed by atoms with Gasteiger partial charge in [-0.2, -0.15) is 13.2 Å². The van der Waals surface area contributed by atoms with Gasteiger partial charge in [-0.1, -0.05) is 44.2 Å². The van der Waals surface area contributed by atoms with Crippen LogP contribution in [0.1, 0.15) is 36.6 Å². The Morgan fingerprint density at radius 3 is 2.44 bits per heavy atom. The summed E-state index contributed by atoms with van der Waals surface area (Å²) in [6.45, 7) is 4.34. The number of hydrogen-bond acceptors (Lipinski definition) is 3. The summed E-state index contributed by atoms with van der Waals surface area (Å²) in [6, 6.07) is 9.84. The Bertz CT molecular complexity index is 738. The molecule has 3 nitrogen and oxygen atoms in total. The molecule has 2 atom stereocenters. The summed E-state index contributed by atoms with van der Waals surface area (Å²) < 4.78 is 38.9. The van der Waals surface area contributed by atoms with Crippen LogP contribution in [0.2, 0.25) is 0 Å². The number of hydrogen-bond donors (Lipinski definition) is 2. The van der Waals surface area contributed by atoms with Crippen LogP contribution in [0.3, 0.4) is 0 Å². The zero-order valence-corrected chi connectivity index (χ0v) is 14.5. The van der Waals surface area contributed by atoms with Gasteiger partial charge in [-0.25, -0.2) is 4.98 Å². The van der Waals surface area contributed by atoms with Crippen LogP contribution in [0.25, 0.3) is 0 Å². The number of halogens is 3. The molecule has 0 saturated heterocycles. The van der Waals surface area contributed by atoms with Crippen LogP contribution in [0, 0.1) is 0 Å². The quantitative estimate of drug-likeness (QED) is 0.868. The predicted molar refractivity (Wildman–Crippen MR) is 92.7 cm³/mol. The van der Waals surface area contributed by atoms with E-state index < -0.39 is 12.2 Å². The molecule has 1 aliphatic carbocycles. The summed E-state index contributed by atoms with van der Waals surface area (Å²) in [5.41, 5.74) is 2.64. The molecule has 2 N–H and O–H groups in total. The minimum Gasteiger partial charge on any atom is -0.366 e. The standard InChI is InChI=1S/C19H22F3N3/c1-18(2)14-7-5-4-6-12(14)10-15(18)25-16-9-8-13(11-24-16)17(23-3)19(20,21)22/h4-9,11,15,17,23H,10H2,1-3H3,(H,24,25)/t15-,17-/m0/s1. The number of pyridine rings is 1. The number of rotatable bonds is 4. The van der Waals surface area contributed by atoms with Crippen molar-refractivity contribution in [3.63, 3.8) is 0 Å². The highest BCUT2D eigenvalue weighted by Gasteiger charge is 2.41. The molecule has 0 spiro atoms. The second-order valence-corrected chi connectivity index (χ2v) is 7.02. The van der Waals surface area contributed by atoms with Gasteiger partial charge in [0.05, 0.1) is 0 Å². The minimum atomic E-state index is -4.35. The summed E-state index contributed by atoms with van der Waals surface area (Å²) in [5, 5.41) is 5.68. The summed E-state index contributed by atoms with van der Waals surface area (Å²) in [4.78, 5) is 4.20. The summed E-state index contributed by atoms with van der Waals surface area (Å²) in [5.74, 6) is 0.589. The SMILES string of the molecule is CN[C@@H](c1ccc(N[C@H]2Cc3ccccc3C2(C)C)nc1)C(F)(F)F. The Morgan fingerprint density at radius 2 is 1.88 bits per heavy atom. The zero-order valence-electron chi connectivity index (χ0n) is 14.5. The van der Waals surface area contributed by atoms with Crippen molar-refractivity contribution in [2.75, 3.05) is 12.4 Å². The van der Waals surface area contributed by atoms with Crippen molar-refractivity contribution in [3.8, 4) is 0 Å². The van der Waals surface area contributed by atoms with Gasteiger partial charge in [-0.15, -0.1) is 0 Å². The molecule has 0 radical (unpaired) electrons. The Kier molecular flexibility index (Phi) is 4.49. The number of nitrogens with zero attached hydrogens (tertiary/aromatic N) is 1. The van der Waals surface area contributed by atoms with E-state index in [2.05, 4.69) is 41.6 Å². The van der Waals surface area contributed by atoms with E-state index in [9.17, 15) is 13.2 Å². The van der Waals surface area contributed by atoms with Crippen molar-refractivity contribution in [1.29, 1.82) is 0 Å². The van der Waals surface area contributed by atoms with Gasteiger partial charge in [0.25, 0.3) is 0 Å². The third-order valence-corrected chi connectivity index (χ3v) is 5.06. The third kappa shape index (κ3) is 3.35. The Labute approximate surface area is 145 Å². The third-order valence-electron chi connectivity index (χ3n) is 5.06. The summed E-state index contributed by atoms with van der Waals surface area (Å²) >= 11 is 0.